The average molecular weight is 464 g/mol. The Labute approximate surface area is 213 Å². The van der Waals surface area contributed by atoms with Gasteiger partial charge in [0, 0.05) is 6.07 Å². The molecule has 0 aliphatic carbocycles. The van der Waals surface area contributed by atoms with Gasteiger partial charge < -0.3 is 0 Å². The Hall–Kier alpha value is -4.50. The summed E-state index contributed by atoms with van der Waals surface area (Å²) in [7, 11) is 2.02. The Bertz CT molecular complexity index is 1350. The van der Waals surface area contributed by atoms with E-state index in [1.165, 1.54) is 21.9 Å². The van der Waals surface area contributed by atoms with Crippen LogP contribution < -0.4 is 26.4 Å². The van der Waals surface area contributed by atoms with Crippen LogP contribution in [0, 0.1) is 0 Å². The fraction of sp³-hybridized carbons (Fsp3) is 0.0303. The van der Waals surface area contributed by atoms with Gasteiger partial charge in [-0.15, -0.1) is 0 Å². The van der Waals surface area contributed by atoms with Crippen molar-refractivity contribution in [1.82, 2.24) is 4.98 Å². The second-order valence-corrected chi connectivity index (χ2v) is 9.04. The van der Waals surface area contributed by atoms with Crippen LogP contribution in [0.4, 0.5) is 0 Å². The van der Waals surface area contributed by atoms with E-state index < -0.39 is 6.15 Å². The number of fused-ring (bicyclic) bond motifs is 1. The molecule has 5 aromatic carbocycles. The molecule has 0 saturated heterocycles. The molecule has 0 fully saturated rings. The number of aryl methyl sites for hydroxylation is 1. The molecule has 0 amide bonds. The predicted octanol–water partition coefficient (Wildman–Crippen LogP) is 4.12. The number of rotatable bonds is 4. The van der Waals surface area contributed by atoms with E-state index in [4.69, 9.17) is 0 Å². The van der Waals surface area contributed by atoms with Crippen LogP contribution >= 0.6 is 0 Å². The number of aromatic nitrogens is 2. The highest BCUT2D eigenvalue weighted by molar-refractivity contribution is 7.19. The molecule has 6 rings (SSSR count). The SMILES string of the molecule is C[n+]1ccnc2ccccc21.c1ccc([B-](c2ccccc2)(c2ccccc2)c2ccccc2)cc1. The van der Waals surface area contributed by atoms with E-state index in [0.29, 0.717) is 0 Å². The lowest BCUT2D eigenvalue weighted by atomic mass is 9.13. The van der Waals surface area contributed by atoms with Crippen LogP contribution in [0.2, 0.25) is 0 Å². The Kier molecular flexibility index (Phi) is 7.00. The van der Waals surface area contributed by atoms with E-state index >= 15 is 0 Å². The van der Waals surface area contributed by atoms with E-state index in [-0.39, 0.29) is 0 Å². The summed E-state index contributed by atoms with van der Waals surface area (Å²) >= 11 is 0. The first-order valence-corrected chi connectivity index (χ1v) is 12.4. The third-order valence-corrected chi connectivity index (χ3v) is 6.96. The second kappa shape index (κ2) is 10.8. The molecule has 0 unspecified atom stereocenters. The number of hydrogen-bond donors (Lipinski definition) is 0. The molecular weight excluding hydrogens is 435 g/mol. The molecule has 2 nitrogen and oxygen atoms in total. The molecule has 1 aromatic heterocycles. The Morgan fingerprint density at radius 2 is 0.833 bits per heavy atom. The van der Waals surface area contributed by atoms with Gasteiger partial charge in [-0.1, -0.05) is 133 Å². The molecular formula is C33H29BN2. The van der Waals surface area contributed by atoms with Crippen LogP contribution in [0.5, 0.6) is 0 Å². The van der Waals surface area contributed by atoms with Gasteiger partial charge >= 0.3 is 0 Å². The topological polar surface area (TPSA) is 16.8 Å². The summed E-state index contributed by atoms with van der Waals surface area (Å²) in [6.45, 7) is 0. The minimum atomic E-state index is -1.22. The molecule has 0 atom stereocenters. The largest absolute Gasteiger partial charge is 0.244 e. The first-order chi connectivity index (χ1) is 17.8. The summed E-state index contributed by atoms with van der Waals surface area (Å²) in [5, 5.41) is 0. The first kappa shape index (κ1) is 23.3. The van der Waals surface area contributed by atoms with Gasteiger partial charge in [0.15, 0.2) is 6.20 Å². The zero-order valence-corrected chi connectivity index (χ0v) is 20.5. The molecule has 0 aliphatic rings. The molecule has 1 heterocycles. The predicted molar refractivity (Wildman–Crippen MR) is 153 cm³/mol. The van der Waals surface area contributed by atoms with Crippen LogP contribution in [-0.2, 0) is 7.05 Å². The summed E-state index contributed by atoms with van der Waals surface area (Å²) in [5.41, 5.74) is 7.56. The number of benzene rings is 5. The van der Waals surface area contributed by atoms with Crippen LogP contribution in [0.1, 0.15) is 0 Å². The maximum atomic E-state index is 4.22. The van der Waals surface area contributed by atoms with Gasteiger partial charge in [-0.3, -0.25) is 0 Å². The molecule has 0 bridgehead atoms. The first-order valence-electron chi connectivity index (χ1n) is 12.4. The van der Waals surface area contributed by atoms with Crippen molar-refractivity contribution in [3.63, 3.8) is 0 Å². The lowest BCUT2D eigenvalue weighted by Crippen LogP contribution is -2.74. The van der Waals surface area contributed by atoms with Gasteiger partial charge in [0.2, 0.25) is 5.52 Å². The molecule has 36 heavy (non-hydrogen) atoms. The lowest BCUT2D eigenvalue weighted by molar-refractivity contribution is -0.645. The summed E-state index contributed by atoms with van der Waals surface area (Å²) in [6, 6.07) is 51.6. The monoisotopic (exact) mass is 464 g/mol. The molecule has 6 aromatic rings. The van der Waals surface area contributed by atoms with Crippen LogP contribution in [-0.4, -0.2) is 11.1 Å². The summed E-state index contributed by atoms with van der Waals surface area (Å²) < 4.78 is 2.06. The maximum absolute atomic E-state index is 4.22. The van der Waals surface area contributed by atoms with E-state index in [1.54, 1.807) is 0 Å². The minimum absolute atomic E-state index is 1.04. The average Bonchev–Trinajstić information content (AvgIpc) is 2.97. The molecule has 0 spiro atoms. The van der Waals surface area contributed by atoms with Crippen molar-refractivity contribution in [2.24, 2.45) is 7.05 Å². The van der Waals surface area contributed by atoms with Gasteiger partial charge in [-0.05, 0) is 6.07 Å². The van der Waals surface area contributed by atoms with Gasteiger partial charge in [0.25, 0.3) is 0 Å². The van der Waals surface area contributed by atoms with Crippen molar-refractivity contribution in [2.75, 3.05) is 0 Å². The van der Waals surface area contributed by atoms with Crippen molar-refractivity contribution < 1.29 is 4.57 Å². The zero-order chi connectivity index (χ0) is 24.6. The highest BCUT2D eigenvalue weighted by atomic mass is 14.9. The molecule has 0 aliphatic heterocycles. The smallest absolute Gasteiger partial charge is 0.230 e. The normalized spacial score (nSPS) is 10.9. The quantitative estimate of drug-likeness (QED) is 0.283. The third kappa shape index (κ3) is 4.56. The van der Waals surface area contributed by atoms with Crippen molar-refractivity contribution in [2.45, 2.75) is 0 Å². The highest BCUT2D eigenvalue weighted by Gasteiger charge is 2.31. The van der Waals surface area contributed by atoms with E-state index in [2.05, 4.69) is 137 Å². The molecule has 0 radical (unpaired) electrons. The summed E-state index contributed by atoms with van der Waals surface area (Å²) in [5.74, 6) is 0. The van der Waals surface area contributed by atoms with Crippen LogP contribution in [0.25, 0.3) is 11.0 Å². The lowest BCUT2D eigenvalue weighted by Gasteiger charge is -2.44. The Balaban J connectivity index is 0.000000202. The minimum Gasteiger partial charge on any atom is -0.244 e. The summed E-state index contributed by atoms with van der Waals surface area (Å²) in [4.78, 5) is 4.22. The van der Waals surface area contributed by atoms with Crippen molar-refractivity contribution in [3.8, 4) is 0 Å². The fourth-order valence-electron chi connectivity index (χ4n) is 5.29. The van der Waals surface area contributed by atoms with E-state index in [0.717, 1.165) is 11.0 Å². The molecule has 3 heteroatoms. The van der Waals surface area contributed by atoms with Crippen molar-refractivity contribution >= 4 is 39.0 Å². The zero-order valence-electron chi connectivity index (χ0n) is 20.5. The number of para-hydroxylation sites is 2. The fourth-order valence-corrected chi connectivity index (χ4v) is 5.29. The maximum Gasteiger partial charge on any atom is 0.230 e. The molecule has 0 saturated carbocycles. The Morgan fingerprint density at radius 3 is 1.22 bits per heavy atom. The van der Waals surface area contributed by atoms with Crippen molar-refractivity contribution in [1.29, 1.82) is 0 Å². The molecule has 0 N–H and O–H groups in total. The van der Waals surface area contributed by atoms with Crippen molar-refractivity contribution in [3.05, 3.63) is 158 Å². The Morgan fingerprint density at radius 1 is 0.472 bits per heavy atom. The standard InChI is InChI=1S/C24H20B.C9H9N2/c1-5-13-21(14-6-1)25(22-15-7-2-8-16-22,23-17-9-3-10-18-23)24-19-11-4-12-20-24;1-11-7-6-10-8-4-2-3-5-9(8)11/h1-20H;2-7H,1H3/q-1;+1. The van der Waals surface area contributed by atoms with E-state index in [1.807, 2.05) is 37.6 Å². The third-order valence-electron chi connectivity index (χ3n) is 6.96. The molecule has 174 valence electrons. The van der Waals surface area contributed by atoms with Gasteiger partial charge in [0.1, 0.15) is 18.7 Å². The number of nitrogens with zero attached hydrogens (tertiary/aromatic N) is 2. The second-order valence-electron chi connectivity index (χ2n) is 9.04. The highest BCUT2D eigenvalue weighted by Crippen LogP contribution is 2.09. The van der Waals surface area contributed by atoms with Crippen LogP contribution in [0.15, 0.2) is 158 Å². The van der Waals surface area contributed by atoms with Gasteiger partial charge in [-0.2, -0.15) is 26.4 Å². The number of hydrogen-bond acceptors (Lipinski definition) is 1. The van der Waals surface area contributed by atoms with Crippen LogP contribution in [0.3, 0.4) is 0 Å². The summed E-state index contributed by atoms with van der Waals surface area (Å²) in [6.07, 6.45) is 2.54. The van der Waals surface area contributed by atoms with Gasteiger partial charge in [0.05, 0.1) is 6.20 Å². The van der Waals surface area contributed by atoms with E-state index in [9.17, 15) is 0 Å². The van der Waals surface area contributed by atoms with Gasteiger partial charge in [-0.25, -0.2) is 4.98 Å².